The lowest BCUT2D eigenvalue weighted by Crippen LogP contribution is -2.37. The van der Waals surface area contributed by atoms with E-state index in [9.17, 15) is 18.0 Å². The molecule has 2 heterocycles. The molecule has 152 valence electrons. The first-order chi connectivity index (χ1) is 13.2. The molecule has 3 atom stereocenters. The van der Waals surface area contributed by atoms with Crippen LogP contribution in [0.3, 0.4) is 0 Å². The second-order valence-electron chi connectivity index (χ2n) is 6.90. The third kappa shape index (κ3) is 3.93. The van der Waals surface area contributed by atoms with Crippen LogP contribution in [0.15, 0.2) is 30.5 Å². The van der Waals surface area contributed by atoms with Crippen molar-refractivity contribution in [2.45, 2.75) is 51.0 Å². The number of alkyl halides is 3. The fourth-order valence-electron chi connectivity index (χ4n) is 3.19. The van der Waals surface area contributed by atoms with Gasteiger partial charge in [0.1, 0.15) is 17.1 Å². The highest BCUT2D eigenvalue weighted by Crippen LogP contribution is 2.44. The van der Waals surface area contributed by atoms with E-state index < -0.39 is 24.2 Å². The zero-order valence-electron chi connectivity index (χ0n) is 15.9. The number of hydrogen-bond acceptors (Lipinski definition) is 4. The van der Waals surface area contributed by atoms with Gasteiger partial charge in [0.2, 0.25) is 0 Å². The van der Waals surface area contributed by atoms with Crippen LogP contribution < -0.4 is 15.4 Å². The van der Waals surface area contributed by atoms with Crippen molar-refractivity contribution < 1.29 is 22.7 Å². The molecule has 1 aliphatic rings. The van der Waals surface area contributed by atoms with Gasteiger partial charge in [0.05, 0.1) is 19.3 Å². The van der Waals surface area contributed by atoms with E-state index in [1.54, 1.807) is 24.3 Å². The van der Waals surface area contributed by atoms with Gasteiger partial charge in [0, 0.05) is 12.5 Å². The summed E-state index contributed by atoms with van der Waals surface area (Å²) in [6.07, 6.45) is -2.81. The van der Waals surface area contributed by atoms with E-state index in [2.05, 4.69) is 15.7 Å². The number of fused-ring (bicyclic) bond motifs is 1. The van der Waals surface area contributed by atoms with Gasteiger partial charge in [0.25, 0.3) is 5.91 Å². The van der Waals surface area contributed by atoms with E-state index in [-0.39, 0.29) is 23.8 Å². The minimum absolute atomic E-state index is 0.0789. The average molecular weight is 396 g/mol. The predicted octanol–water partition coefficient (Wildman–Crippen LogP) is 4.08. The lowest BCUT2D eigenvalue weighted by atomic mass is 9.96. The summed E-state index contributed by atoms with van der Waals surface area (Å²) < 4.78 is 47.1. The number of nitrogens with zero attached hydrogens (tertiary/aromatic N) is 2. The van der Waals surface area contributed by atoms with Crippen LogP contribution in [0.25, 0.3) is 0 Å². The lowest BCUT2D eigenvalue weighted by Gasteiger charge is -2.34. The number of benzene rings is 1. The summed E-state index contributed by atoms with van der Waals surface area (Å²) in [4.78, 5) is 12.5. The third-order valence-electron chi connectivity index (χ3n) is 4.99. The maximum atomic E-state index is 13.7. The van der Waals surface area contributed by atoms with Crippen molar-refractivity contribution in [2.24, 2.45) is 0 Å². The number of methoxy groups -OCH3 is 1. The van der Waals surface area contributed by atoms with E-state index >= 15 is 0 Å². The summed E-state index contributed by atoms with van der Waals surface area (Å²) in [5.74, 6) is 0.250. The van der Waals surface area contributed by atoms with E-state index in [1.165, 1.54) is 13.3 Å². The number of halogens is 3. The summed E-state index contributed by atoms with van der Waals surface area (Å²) in [7, 11) is 1.52. The highest BCUT2D eigenvalue weighted by molar-refractivity contribution is 5.99. The van der Waals surface area contributed by atoms with Crippen LogP contribution in [0.4, 0.5) is 19.0 Å². The van der Waals surface area contributed by atoms with Crippen molar-refractivity contribution in [3.63, 3.8) is 0 Å². The summed E-state index contributed by atoms with van der Waals surface area (Å²) >= 11 is 0. The number of amides is 1. The normalized spacial score (nSPS) is 20.1. The van der Waals surface area contributed by atoms with Crippen molar-refractivity contribution in [1.82, 2.24) is 15.1 Å². The molecule has 28 heavy (non-hydrogen) atoms. The topological polar surface area (TPSA) is 68.2 Å². The minimum Gasteiger partial charge on any atom is -0.497 e. The molecule has 1 aromatic carbocycles. The SMILES string of the molecule is CC[C@@H](C)NC(=O)c1cnn2c1N[C@H](c1ccc(OC)cc1)C[C@H]2C(F)(F)F. The van der Waals surface area contributed by atoms with Crippen molar-refractivity contribution in [2.75, 3.05) is 12.4 Å². The summed E-state index contributed by atoms with van der Waals surface area (Å²) in [6.45, 7) is 3.75. The highest BCUT2D eigenvalue weighted by Gasteiger charge is 2.47. The molecule has 9 heteroatoms. The smallest absolute Gasteiger partial charge is 0.410 e. The van der Waals surface area contributed by atoms with Gasteiger partial charge >= 0.3 is 6.18 Å². The van der Waals surface area contributed by atoms with Gasteiger partial charge in [-0.2, -0.15) is 18.3 Å². The van der Waals surface area contributed by atoms with Crippen LogP contribution in [-0.2, 0) is 0 Å². The van der Waals surface area contributed by atoms with E-state index in [0.717, 1.165) is 4.68 Å². The van der Waals surface area contributed by atoms with Crippen LogP contribution >= 0.6 is 0 Å². The Balaban J connectivity index is 1.96. The van der Waals surface area contributed by atoms with Gasteiger partial charge in [-0.3, -0.25) is 4.79 Å². The molecule has 0 spiro atoms. The van der Waals surface area contributed by atoms with Crippen molar-refractivity contribution >= 4 is 11.7 Å². The Morgan fingerprint density at radius 1 is 1.39 bits per heavy atom. The average Bonchev–Trinajstić information content (AvgIpc) is 3.10. The molecule has 3 rings (SSSR count). The largest absolute Gasteiger partial charge is 0.497 e. The van der Waals surface area contributed by atoms with Crippen molar-refractivity contribution in [3.8, 4) is 5.75 Å². The fourth-order valence-corrected chi connectivity index (χ4v) is 3.19. The molecule has 0 radical (unpaired) electrons. The first-order valence-corrected chi connectivity index (χ1v) is 9.10. The Labute approximate surface area is 161 Å². The number of nitrogens with one attached hydrogen (secondary N) is 2. The molecule has 1 aromatic heterocycles. The van der Waals surface area contributed by atoms with Gasteiger partial charge < -0.3 is 15.4 Å². The maximum absolute atomic E-state index is 13.7. The van der Waals surface area contributed by atoms with Crippen LogP contribution in [0, 0.1) is 0 Å². The molecule has 6 nitrogen and oxygen atoms in total. The van der Waals surface area contributed by atoms with Crippen LogP contribution in [-0.4, -0.2) is 35.0 Å². The number of aromatic nitrogens is 2. The summed E-state index contributed by atoms with van der Waals surface area (Å²) in [6, 6.07) is 4.30. The number of ether oxygens (including phenoxy) is 1. The molecular formula is C19H23F3N4O2. The van der Waals surface area contributed by atoms with Gasteiger partial charge in [-0.05, 0) is 31.0 Å². The first-order valence-electron chi connectivity index (χ1n) is 9.10. The standard InChI is InChI=1S/C19H23F3N4O2/c1-4-11(2)24-18(27)14-10-23-26-16(19(20,21)22)9-15(25-17(14)26)12-5-7-13(28-3)8-6-12/h5-8,10-11,15-16,25H,4,9H2,1-3H3,(H,24,27)/t11-,15+,16+/m1/s1. The monoisotopic (exact) mass is 396 g/mol. The lowest BCUT2D eigenvalue weighted by molar-refractivity contribution is -0.173. The highest BCUT2D eigenvalue weighted by atomic mass is 19.4. The minimum atomic E-state index is -4.49. The Bertz CT molecular complexity index is 833. The number of rotatable bonds is 5. The van der Waals surface area contributed by atoms with Crippen molar-refractivity contribution in [1.29, 1.82) is 0 Å². The molecule has 0 aliphatic carbocycles. The van der Waals surface area contributed by atoms with Gasteiger partial charge in [0.15, 0.2) is 6.04 Å². The molecule has 0 saturated heterocycles. The van der Waals surface area contributed by atoms with Gasteiger partial charge in [-0.25, -0.2) is 4.68 Å². The Morgan fingerprint density at radius 2 is 2.07 bits per heavy atom. The second-order valence-corrected chi connectivity index (χ2v) is 6.90. The number of anilines is 1. The summed E-state index contributed by atoms with van der Waals surface area (Å²) in [5, 5.41) is 9.72. The van der Waals surface area contributed by atoms with E-state index in [1.807, 2.05) is 13.8 Å². The van der Waals surface area contributed by atoms with Crippen LogP contribution in [0.5, 0.6) is 5.75 Å². The number of hydrogen-bond donors (Lipinski definition) is 2. The predicted molar refractivity (Wildman–Crippen MR) is 98.5 cm³/mol. The van der Waals surface area contributed by atoms with Gasteiger partial charge in [-0.15, -0.1) is 0 Å². The zero-order valence-corrected chi connectivity index (χ0v) is 15.9. The second kappa shape index (κ2) is 7.73. The molecule has 0 unspecified atom stereocenters. The number of carbonyl (C=O) groups excluding carboxylic acids is 1. The van der Waals surface area contributed by atoms with Crippen molar-refractivity contribution in [3.05, 3.63) is 41.6 Å². The molecule has 1 aliphatic heterocycles. The van der Waals surface area contributed by atoms with Crippen LogP contribution in [0.2, 0.25) is 0 Å². The maximum Gasteiger partial charge on any atom is 0.410 e. The molecule has 0 bridgehead atoms. The first kappa shape index (κ1) is 20.0. The van der Waals surface area contributed by atoms with E-state index in [0.29, 0.717) is 17.7 Å². The Morgan fingerprint density at radius 3 is 2.64 bits per heavy atom. The Kier molecular flexibility index (Phi) is 5.53. The molecule has 0 fully saturated rings. The Hall–Kier alpha value is -2.71. The fraction of sp³-hybridized carbons (Fsp3) is 0.474. The van der Waals surface area contributed by atoms with Gasteiger partial charge in [-0.1, -0.05) is 19.1 Å². The molecular weight excluding hydrogens is 373 g/mol. The van der Waals surface area contributed by atoms with Crippen LogP contribution in [0.1, 0.15) is 54.7 Å². The zero-order chi connectivity index (χ0) is 20.5. The molecule has 0 saturated carbocycles. The molecule has 2 aromatic rings. The molecule has 1 amide bonds. The van der Waals surface area contributed by atoms with E-state index in [4.69, 9.17) is 4.74 Å². The summed E-state index contributed by atoms with van der Waals surface area (Å²) in [5.41, 5.74) is 0.781. The quantitative estimate of drug-likeness (QED) is 0.799. The third-order valence-corrected chi connectivity index (χ3v) is 4.99. The molecule has 2 N–H and O–H groups in total. The number of carbonyl (C=O) groups is 1.